The lowest BCUT2D eigenvalue weighted by molar-refractivity contribution is 0.0952. The number of fused-ring (bicyclic) bond motifs is 1. The van der Waals surface area contributed by atoms with Gasteiger partial charge in [-0.1, -0.05) is 17.3 Å². The normalized spacial score (nSPS) is 10.7. The predicted octanol–water partition coefficient (Wildman–Crippen LogP) is 0.219. The quantitative estimate of drug-likeness (QED) is 0.529. The van der Waals surface area contributed by atoms with E-state index in [0.29, 0.717) is 11.3 Å². The minimum Gasteiger partial charge on any atom is -0.386 e. The number of nitrogens with one attached hydrogen (secondary N) is 4. The maximum atomic E-state index is 12.2. The molecule has 0 spiro atoms. The van der Waals surface area contributed by atoms with E-state index in [-0.39, 0.29) is 18.5 Å². The zero-order valence-corrected chi connectivity index (χ0v) is 12.8. The number of aromatic amines is 2. The highest BCUT2D eigenvalue weighted by molar-refractivity contribution is 5.99. The van der Waals surface area contributed by atoms with Gasteiger partial charge >= 0.3 is 5.76 Å². The average Bonchev–Trinajstić information content (AvgIpc) is 2.99. The summed E-state index contributed by atoms with van der Waals surface area (Å²) in [4.78, 5) is 40.3. The number of H-pyrrole nitrogens is 2. The first-order chi connectivity index (χ1) is 11.6. The molecule has 3 aromatic rings. The third-order valence-corrected chi connectivity index (χ3v) is 3.53. The molecule has 124 valence electrons. The van der Waals surface area contributed by atoms with Gasteiger partial charge in [0.05, 0.1) is 11.2 Å². The second-order valence-corrected chi connectivity index (χ2v) is 5.08. The van der Waals surface area contributed by atoms with Crippen LogP contribution in [0.4, 0.5) is 5.69 Å². The molecule has 1 aromatic carbocycles. The molecule has 0 atom stereocenters. The Morgan fingerprint density at radius 1 is 1.29 bits per heavy atom. The third-order valence-electron chi connectivity index (χ3n) is 3.53. The minimum absolute atomic E-state index is 0.0180. The fraction of sp³-hybridized carbons (Fsp3) is 0.200. The topological polar surface area (TPSA) is 133 Å². The van der Waals surface area contributed by atoms with Crippen molar-refractivity contribution in [2.45, 2.75) is 6.42 Å². The number of rotatable bonds is 5. The maximum Gasteiger partial charge on any atom is 0.438 e. The first-order valence-corrected chi connectivity index (χ1v) is 7.25. The summed E-state index contributed by atoms with van der Waals surface area (Å²) < 4.78 is 4.36. The van der Waals surface area contributed by atoms with Crippen LogP contribution < -0.4 is 21.9 Å². The Morgan fingerprint density at radius 3 is 2.83 bits per heavy atom. The molecule has 2 aromatic heterocycles. The Morgan fingerprint density at radius 2 is 2.12 bits per heavy atom. The van der Waals surface area contributed by atoms with E-state index in [0.717, 1.165) is 11.1 Å². The molecule has 2 heterocycles. The lowest BCUT2D eigenvalue weighted by Crippen LogP contribution is -2.31. The van der Waals surface area contributed by atoms with Gasteiger partial charge in [0.1, 0.15) is 5.56 Å². The van der Waals surface area contributed by atoms with Crippen LogP contribution in [-0.2, 0) is 6.42 Å². The molecule has 0 aliphatic heterocycles. The van der Waals surface area contributed by atoms with Crippen LogP contribution in [0.3, 0.4) is 0 Å². The second-order valence-electron chi connectivity index (χ2n) is 5.08. The second kappa shape index (κ2) is 6.41. The third kappa shape index (κ3) is 3.05. The molecule has 0 saturated heterocycles. The highest BCUT2D eigenvalue weighted by Crippen LogP contribution is 2.19. The lowest BCUT2D eigenvalue weighted by atomic mass is 10.1. The Balaban J connectivity index is 1.78. The molecule has 0 aliphatic carbocycles. The Hall–Kier alpha value is -3.36. The van der Waals surface area contributed by atoms with E-state index in [1.54, 1.807) is 13.1 Å². The predicted molar refractivity (Wildman–Crippen MR) is 87.3 cm³/mol. The molecule has 0 saturated carbocycles. The summed E-state index contributed by atoms with van der Waals surface area (Å²) in [5.41, 5.74) is 0.954. The van der Waals surface area contributed by atoms with Gasteiger partial charge in [-0.25, -0.2) is 4.79 Å². The van der Waals surface area contributed by atoms with E-state index in [1.807, 2.05) is 18.2 Å². The number of anilines is 1. The number of amides is 1. The van der Waals surface area contributed by atoms with Crippen molar-refractivity contribution in [2.75, 3.05) is 18.9 Å². The summed E-state index contributed by atoms with van der Waals surface area (Å²) >= 11 is 0. The van der Waals surface area contributed by atoms with Crippen LogP contribution in [0.5, 0.6) is 0 Å². The van der Waals surface area contributed by atoms with E-state index in [1.165, 1.54) is 0 Å². The first-order valence-electron chi connectivity index (χ1n) is 7.25. The zero-order valence-electron chi connectivity index (χ0n) is 12.8. The van der Waals surface area contributed by atoms with Gasteiger partial charge in [-0.05, 0) is 12.1 Å². The van der Waals surface area contributed by atoms with Crippen molar-refractivity contribution in [3.8, 4) is 0 Å². The summed E-state index contributed by atoms with van der Waals surface area (Å²) in [6, 6.07) is 7.01. The number of nitrogens with zero attached hydrogens (tertiary/aromatic N) is 1. The van der Waals surface area contributed by atoms with Crippen molar-refractivity contribution in [1.82, 2.24) is 20.4 Å². The fourth-order valence-electron chi connectivity index (χ4n) is 2.37. The first kappa shape index (κ1) is 15.5. The molecule has 0 radical (unpaired) electrons. The van der Waals surface area contributed by atoms with Crippen molar-refractivity contribution < 1.29 is 9.32 Å². The molecule has 0 unspecified atom stereocenters. The number of hydrogen-bond donors (Lipinski definition) is 4. The molecule has 9 heteroatoms. The lowest BCUT2D eigenvalue weighted by Gasteiger charge is -2.08. The maximum absolute atomic E-state index is 12.2. The van der Waals surface area contributed by atoms with Crippen LogP contribution in [0.15, 0.2) is 38.4 Å². The number of carbonyl (C=O) groups excluding carboxylic acids is 1. The number of pyridine rings is 1. The standard InChI is InChI=1S/C15H15N5O4/c1-16-10-4-2-3-8-7-9(14(22)19-12(8)10)13(21)17-6-5-11-18-15(23)24-20-11/h2-4,7,16H,5-6H2,1H3,(H,17,21)(H,19,22)(H,18,20,23). The van der Waals surface area contributed by atoms with E-state index in [2.05, 4.69) is 30.3 Å². The van der Waals surface area contributed by atoms with E-state index >= 15 is 0 Å². The van der Waals surface area contributed by atoms with Gasteiger partial charge < -0.3 is 15.6 Å². The van der Waals surface area contributed by atoms with Gasteiger partial charge in [0.2, 0.25) is 0 Å². The monoisotopic (exact) mass is 329 g/mol. The highest BCUT2D eigenvalue weighted by atomic mass is 16.5. The van der Waals surface area contributed by atoms with Crippen LogP contribution in [0.2, 0.25) is 0 Å². The minimum atomic E-state index is -0.650. The summed E-state index contributed by atoms with van der Waals surface area (Å²) in [5.74, 6) is -0.826. The van der Waals surface area contributed by atoms with E-state index < -0.39 is 17.2 Å². The summed E-state index contributed by atoms with van der Waals surface area (Å²) in [6.45, 7) is 0.204. The fourth-order valence-corrected chi connectivity index (χ4v) is 2.37. The Labute approximate surface area is 135 Å². The Kier molecular flexibility index (Phi) is 4.15. The van der Waals surface area contributed by atoms with Crippen molar-refractivity contribution in [1.29, 1.82) is 0 Å². The zero-order chi connectivity index (χ0) is 17.1. The molecular formula is C15H15N5O4. The van der Waals surface area contributed by atoms with Crippen LogP contribution in [0.25, 0.3) is 10.9 Å². The molecule has 0 aliphatic rings. The molecule has 4 N–H and O–H groups in total. The summed E-state index contributed by atoms with van der Waals surface area (Å²) in [5, 5.41) is 9.83. The molecule has 9 nitrogen and oxygen atoms in total. The highest BCUT2D eigenvalue weighted by Gasteiger charge is 2.13. The van der Waals surface area contributed by atoms with E-state index in [9.17, 15) is 14.4 Å². The van der Waals surface area contributed by atoms with Crippen molar-refractivity contribution in [3.05, 3.63) is 56.6 Å². The summed E-state index contributed by atoms with van der Waals surface area (Å²) in [6.07, 6.45) is 0.285. The number of benzene rings is 1. The number of aromatic nitrogens is 3. The molecule has 24 heavy (non-hydrogen) atoms. The largest absolute Gasteiger partial charge is 0.438 e. The molecule has 1 amide bonds. The Bertz CT molecular complexity index is 1000. The van der Waals surface area contributed by atoms with Gasteiger partial charge in [0.25, 0.3) is 11.5 Å². The molecule has 3 rings (SSSR count). The number of hydrogen-bond acceptors (Lipinski definition) is 6. The average molecular weight is 329 g/mol. The molecule has 0 fully saturated rings. The number of para-hydroxylation sites is 1. The van der Waals surface area contributed by atoms with Crippen molar-refractivity contribution in [3.63, 3.8) is 0 Å². The molecule has 0 bridgehead atoms. The van der Waals surface area contributed by atoms with Crippen LogP contribution in [-0.4, -0.2) is 34.6 Å². The van der Waals surface area contributed by atoms with Gasteiger partial charge in [-0.3, -0.25) is 19.1 Å². The van der Waals surface area contributed by atoms with Gasteiger partial charge in [0, 0.05) is 25.4 Å². The van der Waals surface area contributed by atoms with Gasteiger partial charge in [-0.2, -0.15) is 0 Å². The smallest absolute Gasteiger partial charge is 0.386 e. The van der Waals surface area contributed by atoms with Gasteiger partial charge in [-0.15, -0.1) is 0 Å². The van der Waals surface area contributed by atoms with Crippen LogP contribution in [0, 0.1) is 0 Å². The van der Waals surface area contributed by atoms with Gasteiger partial charge in [0.15, 0.2) is 5.82 Å². The van der Waals surface area contributed by atoms with E-state index in [4.69, 9.17) is 0 Å². The molecular weight excluding hydrogens is 314 g/mol. The number of carbonyl (C=O) groups is 1. The van der Waals surface area contributed by atoms with Crippen LogP contribution in [0.1, 0.15) is 16.2 Å². The summed E-state index contributed by atoms with van der Waals surface area (Å²) in [7, 11) is 1.75. The van der Waals surface area contributed by atoms with Crippen LogP contribution >= 0.6 is 0 Å². The SMILES string of the molecule is CNc1cccc2cc(C(=O)NCCc3noc(=O)[nH]3)c(=O)[nH]c12. The van der Waals surface area contributed by atoms with Crippen molar-refractivity contribution in [2.24, 2.45) is 0 Å². The van der Waals surface area contributed by atoms with Crippen molar-refractivity contribution >= 4 is 22.5 Å².